The van der Waals surface area contributed by atoms with Crippen LogP contribution in [0.4, 0.5) is 11.4 Å². The molecule has 0 bridgehead atoms. The van der Waals surface area contributed by atoms with Crippen LogP contribution in [0.15, 0.2) is 70.1 Å². The number of carbonyl (C=O) groups is 3. The van der Waals surface area contributed by atoms with Gasteiger partial charge >= 0.3 is 5.97 Å². The van der Waals surface area contributed by atoms with Crippen molar-refractivity contribution in [1.29, 1.82) is 0 Å². The van der Waals surface area contributed by atoms with Crippen LogP contribution in [0.2, 0.25) is 0 Å². The van der Waals surface area contributed by atoms with Crippen LogP contribution in [0, 0.1) is 0 Å². The second-order valence-corrected chi connectivity index (χ2v) is 22.4. The number of amides is 2. The first-order valence-electron chi connectivity index (χ1n) is 24.5. The molecule has 0 radical (unpaired) electrons. The molecule has 424 valence electrons. The maximum absolute atomic E-state index is 12.5. The highest BCUT2D eigenvalue weighted by Gasteiger charge is 2.48. The zero-order chi connectivity index (χ0) is 55.6. The molecule has 3 aliphatic heterocycles. The quantitative estimate of drug-likeness (QED) is 0.0408. The van der Waals surface area contributed by atoms with E-state index < -0.39 is 74.5 Å². The highest BCUT2D eigenvalue weighted by Crippen LogP contribution is 2.51. The molecule has 0 aromatic heterocycles. The molecule has 0 spiro atoms. The number of ether oxygens (including phenoxy) is 8. The Bertz CT molecular complexity index is 2750. The standard InChI is InChI=1S/C49H69N3O21S3/c1-48(16-6-34-74(56,57)58)39-35-37(75(59,60)61)9-11-41(39)50(19-23-68-26-27-70-30-31-72-33-32-71-29-28-69-25-24-66-4)43(48)7-5-8-44-49(2,17-21-65-3)40-36-38(76(62,63)64)10-12-42(40)51(44)18-22-67-20-15-47(55)73-52-45(53)13-14-46(52)54/h5,7-12,35-36H,6,13-34H2,1-4H3,(H2-,56,57,58,59,60,61,62,63,64)/p-2. The number of anilines is 1. The van der Waals surface area contributed by atoms with Crippen molar-refractivity contribution in [1.82, 2.24) is 5.06 Å². The second-order valence-electron chi connectivity index (χ2n) is 18.1. The monoisotopic (exact) mass is 1130 g/mol. The largest absolute Gasteiger partial charge is 0.748 e. The number of hydrogen-bond donors (Lipinski definition) is 0. The van der Waals surface area contributed by atoms with E-state index in [-0.39, 0.29) is 91.3 Å². The van der Waals surface area contributed by atoms with Crippen LogP contribution in [0.3, 0.4) is 0 Å². The molecule has 0 N–H and O–H groups in total. The van der Waals surface area contributed by atoms with Crippen molar-refractivity contribution in [3.8, 4) is 0 Å². The van der Waals surface area contributed by atoms with Crippen LogP contribution in [0.1, 0.15) is 63.5 Å². The number of rotatable bonds is 36. The van der Waals surface area contributed by atoms with Gasteiger partial charge in [0.2, 0.25) is 5.69 Å². The lowest BCUT2D eigenvalue weighted by Gasteiger charge is -2.30. The molecule has 5 rings (SSSR count). The third kappa shape index (κ3) is 17.5. The average Bonchev–Trinajstić information content (AvgIpc) is 3.89. The minimum Gasteiger partial charge on any atom is -0.748 e. The molecule has 3 heterocycles. The van der Waals surface area contributed by atoms with Gasteiger partial charge in [-0.25, -0.2) is 30.0 Å². The number of imide groups is 1. The van der Waals surface area contributed by atoms with Crippen molar-refractivity contribution >= 4 is 65.2 Å². The molecule has 1 fully saturated rings. The number of fused-ring (bicyclic) bond motifs is 2. The van der Waals surface area contributed by atoms with Crippen molar-refractivity contribution in [3.63, 3.8) is 0 Å². The summed E-state index contributed by atoms with van der Waals surface area (Å²) in [4.78, 5) is 42.1. The Hall–Kier alpha value is -4.59. The first kappa shape index (κ1) is 62.3. The highest BCUT2D eigenvalue weighted by molar-refractivity contribution is 7.86. The number of hydrogen-bond acceptors (Lipinski definition) is 22. The fraction of sp³-hybridized carbons (Fsp3) is 0.592. The molecule has 27 heteroatoms. The first-order chi connectivity index (χ1) is 36.0. The average molecular weight is 1130 g/mol. The van der Waals surface area contributed by atoms with Gasteiger partial charge in [-0.15, -0.1) is 5.06 Å². The van der Waals surface area contributed by atoms with Crippen molar-refractivity contribution < 1.29 is 101 Å². The van der Waals surface area contributed by atoms with Crippen molar-refractivity contribution in [2.75, 3.05) is 130 Å². The molecule has 2 atom stereocenters. The van der Waals surface area contributed by atoms with Gasteiger partial charge in [0.15, 0.2) is 12.3 Å². The predicted octanol–water partition coefficient (Wildman–Crippen LogP) is 2.17. The van der Waals surface area contributed by atoms with Gasteiger partial charge in [-0.1, -0.05) is 6.08 Å². The van der Waals surface area contributed by atoms with Gasteiger partial charge in [-0.05, 0) is 75.1 Å². The summed E-state index contributed by atoms with van der Waals surface area (Å²) in [7, 11) is -11.4. The number of nitrogens with zero attached hydrogens (tertiary/aromatic N) is 3. The highest BCUT2D eigenvalue weighted by atomic mass is 32.2. The molecular weight excluding hydrogens is 1060 g/mol. The summed E-state index contributed by atoms with van der Waals surface area (Å²) in [5.74, 6) is -2.84. The zero-order valence-electron chi connectivity index (χ0n) is 43.1. The smallest absolute Gasteiger partial charge is 0.335 e. The second kappa shape index (κ2) is 28.9. The molecule has 2 amide bonds. The van der Waals surface area contributed by atoms with E-state index >= 15 is 0 Å². The van der Waals surface area contributed by atoms with E-state index in [1.807, 2.05) is 16.4 Å². The number of carbonyl (C=O) groups excluding carboxylic acids is 3. The van der Waals surface area contributed by atoms with Gasteiger partial charge in [0.05, 0.1) is 111 Å². The molecule has 2 aromatic carbocycles. The van der Waals surface area contributed by atoms with E-state index in [4.69, 9.17) is 42.7 Å². The predicted molar refractivity (Wildman–Crippen MR) is 267 cm³/mol. The summed E-state index contributed by atoms with van der Waals surface area (Å²) in [6.45, 7) is 7.71. The minimum atomic E-state index is -4.96. The molecular formula is C49H67N3O21S3-2. The number of allylic oxidation sites excluding steroid dienone is 4. The van der Waals surface area contributed by atoms with Crippen molar-refractivity contribution in [2.24, 2.45) is 0 Å². The van der Waals surface area contributed by atoms with Crippen LogP contribution < -0.4 is 4.90 Å². The van der Waals surface area contributed by atoms with E-state index in [9.17, 15) is 53.3 Å². The lowest BCUT2D eigenvalue weighted by Crippen LogP contribution is -2.33. The van der Waals surface area contributed by atoms with Crippen LogP contribution >= 0.6 is 0 Å². The SMILES string of the molecule is COCCOCCOCCOCCOCCOCC[N+]1=C(/C=C/C=C2/N(CCOCCC(=O)ON3C(=O)CCC3=O)c3ccc(S(=O)(=O)[O-])cc3C2(C)CCOC)C(C)(CCCS(=O)(=O)[O-])c2cc(S(=O)(=O)[O-])ccc21. The minimum absolute atomic E-state index is 0.00916. The van der Waals surface area contributed by atoms with Gasteiger partial charge in [0.25, 0.3) is 11.8 Å². The first-order valence-corrected chi connectivity index (χ1v) is 28.9. The van der Waals surface area contributed by atoms with Crippen molar-refractivity contribution in [2.45, 2.75) is 73.0 Å². The van der Waals surface area contributed by atoms with Crippen LogP contribution in [-0.4, -0.2) is 198 Å². The Balaban J connectivity index is 1.41. The van der Waals surface area contributed by atoms with Crippen molar-refractivity contribution in [3.05, 3.63) is 71.5 Å². The fourth-order valence-electron chi connectivity index (χ4n) is 9.02. The van der Waals surface area contributed by atoms with E-state index in [1.165, 1.54) is 43.5 Å². The fourth-order valence-corrected chi connectivity index (χ4v) is 10.5. The number of hydroxylamine groups is 2. The molecule has 0 aliphatic carbocycles. The Morgan fingerprint density at radius 3 is 1.74 bits per heavy atom. The Morgan fingerprint density at radius 2 is 1.18 bits per heavy atom. The molecule has 1 saturated heterocycles. The lowest BCUT2D eigenvalue weighted by atomic mass is 9.75. The Morgan fingerprint density at radius 1 is 0.658 bits per heavy atom. The van der Waals surface area contributed by atoms with Crippen LogP contribution in [0.5, 0.6) is 0 Å². The molecule has 76 heavy (non-hydrogen) atoms. The Kier molecular flexibility index (Phi) is 23.6. The molecule has 2 aromatic rings. The van der Waals surface area contributed by atoms with Gasteiger partial charge in [0, 0.05) is 80.5 Å². The van der Waals surface area contributed by atoms with Crippen LogP contribution in [-0.2, 0) is 98.3 Å². The molecule has 24 nitrogen and oxygen atoms in total. The van der Waals surface area contributed by atoms with Crippen LogP contribution in [0.25, 0.3) is 0 Å². The summed E-state index contributed by atoms with van der Waals surface area (Å²) in [5, 5.41) is 0.440. The Labute approximate surface area is 444 Å². The van der Waals surface area contributed by atoms with E-state index in [0.29, 0.717) is 91.8 Å². The summed E-state index contributed by atoms with van der Waals surface area (Å²) in [6, 6.07) is 7.93. The lowest BCUT2D eigenvalue weighted by molar-refractivity contribution is -0.442. The van der Waals surface area contributed by atoms with Gasteiger partial charge in [0.1, 0.15) is 26.8 Å². The number of methoxy groups -OCH3 is 2. The topological polar surface area (TPSA) is 315 Å². The van der Waals surface area contributed by atoms with E-state index in [1.54, 1.807) is 32.3 Å². The van der Waals surface area contributed by atoms with E-state index in [0.717, 1.165) is 0 Å². The molecule has 0 saturated carbocycles. The normalized spacial score (nSPS) is 19.5. The zero-order valence-corrected chi connectivity index (χ0v) is 45.5. The molecule has 3 aliphatic rings. The summed E-state index contributed by atoms with van der Waals surface area (Å²) in [6.07, 6.45) is 4.94. The third-order valence-electron chi connectivity index (χ3n) is 12.9. The maximum atomic E-state index is 12.5. The third-order valence-corrected chi connectivity index (χ3v) is 15.3. The number of benzene rings is 2. The van der Waals surface area contributed by atoms with Gasteiger partial charge < -0.3 is 61.3 Å². The maximum Gasteiger partial charge on any atom is 0.335 e. The summed E-state index contributed by atoms with van der Waals surface area (Å²) in [5.41, 5.74) is 0.805. The van der Waals surface area contributed by atoms with Gasteiger partial charge in [-0.3, -0.25) is 9.59 Å². The summed E-state index contributed by atoms with van der Waals surface area (Å²) < 4.78 is 156. The van der Waals surface area contributed by atoms with Gasteiger partial charge in [-0.2, -0.15) is 4.58 Å². The van der Waals surface area contributed by atoms with E-state index in [2.05, 4.69) is 0 Å². The molecule has 2 unspecified atom stereocenters. The summed E-state index contributed by atoms with van der Waals surface area (Å²) >= 11 is 0.